The molecule has 22 heteroatoms. The van der Waals surface area contributed by atoms with Crippen molar-refractivity contribution < 1.29 is 86.2 Å². The van der Waals surface area contributed by atoms with Crippen molar-refractivity contribution in [2.75, 3.05) is 114 Å². The first-order chi connectivity index (χ1) is 32.6. The van der Waals surface area contributed by atoms with Crippen LogP contribution in [0, 0.1) is 5.41 Å². The first kappa shape index (κ1) is 64.2. The minimum absolute atomic E-state index is 0. The molecule has 1 heterocycles. The summed E-state index contributed by atoms with van der Waals surface area (Å²) in [5, 5.41) is 17.3. The number of carboxylic acid groups (broad SMARTS) is 1. The summed E-state index contributed by atoms with van der Waals surface area (Å²) >= 11 is 0. The Hall–Kier alpha value is -4.84. The quantitative estimate of drug-likeness (QED) is 0.0496. The number of amides is 5. The Labute approximate surface area is 405 Å². The second-order valence-corrected chi connectivity index (χ2v) is 16.2. The van der Waals surface area contributed by atoms with Crippen molar-refractivity contribution in [2.45, 2.75) is 110 Å². The Balaban J connectivity index is 0.0000462. The van der Waals surface area contributed by atoms with Gasteiger partial charge in [-0.2, -0.15) is 0 Å². The molecule has 1 aliphatic heterocycles. The highest BCUT2D eigenvalue weighted by Crippen LogP contribution is 2.27. The van der Waals surface area contributed by atoms with Crippen molar-refractivity contribution >= 4 is 58.6 Å². The van der Waals surface area contributed by atoms with Gasteiger partial charge in [0, 0.05) is 142 Å². The van der Waals surface area contributed by atoms with Crippen molar-refractivity contribution in [2.24, 2.45) is 5.41 Å². The number of methoxy groups -OCH3 is 3. The van der Waals surface area contributed by atoms with E-state index in [0.717, 1.165) is 17.1 Å². The highest BCUT2D eigenvalue weighted by atomic mass is 16.5. The highest BCUT2D eigenvalue weighted by Gasteiger charge is 2.35. The highest BCUT2D eigenvalue weighted by molar-refractivity contribution is 6.13. The predicted molar refractivity (Wildman–Crippen MR) is 249 cm³/mol. The molecule has 1 atom stereocenters. The van der Waals surface area contributed by atoms with Crippen LogP contribution in [0.25, 0.3) is 0 Å². The minimum atomic E-state index is -1.17. The monoisotopic (exact) mass is 987 g/mol. The zero-order valence-electron chi connectivity index (χ0n) is 40.1. The molecule has 0 aromatic rings. The Morgan fingerprint density at radius 3 is 1.57 bits per heavy atom. The third-order valence-electron chi connectivity index (χ3n) is 10.3. The summed E-state index contributed by atoms with van der Waals surface area (Å²) < 4.78 is 38.3. The molecule has 394 valence electrons. The minimum Gasteiger partial charge on any atom is -0.481 e. The maximum absolute atomic E-state index is 13.7. The maximum atomic E-state index is 13.7. The molecule has 0 fully saturated rings. The molecule has 0 radical (unpaired) electrons. The lowest BCUT2D eigenvalue weighted by atomic mass is 9.83. The molecule has 4 N–H and O–H groups in total. The Morgan fingerprint density at radius 1 is 0.551 bits per heavy atom. The number of Topliss-reactive ketones (excluding diaryl/α,β-unsaturated/α-hetero) is 4. The number of nitrogens with zero attached hydrogens (tertiary/aromatic N) is 1. The first-order valence-corrected chi connectivity index (χ1v) is 23.1. The summed E-state index contributed by atoms with van der Waals surface area (Å²) in [5.41, 5.74) is -1.14. The van der Waals surface area contributed by atoms with Gasteiger partial charge >= 0.3 is 5.97 Å². The number of nitrogens with one attached hydrogen (secondary N) is 3. The SMILES string of the molecule is C.COCCCC(=O)CCOCC(COCCC(=O)NCCOC)(COCCC(=O)NCCOC)CC(=O)CCCC(=O)[C@H](CCC(=O)O)NC(=O)CCOCCCC(=O)CCN1C(=O)C=CC1=O. The van der Waals surface area contributed by atoms with Gasteiger partial charge in [0.15, 0.2) is 5.78 Å². The van der Waals surface area contributed by atoms with Crippen molar-refractivity contribution in [3.05, 3.63) is 12.2 Å². The zero-order valence-corrected chi connectivity index (χ0v) is 40.1. The number of carbonyl (C=O) groups excluding carboxylic acids is 9. The fraction of sp³-hybridized carbons (Fsp3) is 0.745. The molecule has 0 aromatic carbocycles. The van der Waals surface area contributed by atoms with Gasteiger partial charge in [0.1, 0.15) is 17.3 Å². The van der Waals surface area contributed by atoms with Gasteiger partial charge in [-0.3, -0.25) is 52.8 Å². The Morgan fingerprint density at radius 2 is 1.03 bits per heavy atom. The van der Waals surface area contributed by atoms with Crippen LogP contribution in [0.5, 0.6) is 0 Å². The maximum Gasteiger partial charge on any atom is 0.303 e. The van der Waals surface area contributed by atoms with Crippen molar-refractivity contribution in [3.63, 3.8) is 0 Å². The van der Waals surface area contributed by atoms with Gasteiger partial charge in [-0.25, -0.2) is 0 Å². The molecule has 0 bridgehead atoms. The van der Waals surface area contributed by atoms with Gasteiger partial charge in [0.05, 0.1) is 65.5 Å². The van der Waals surface area contributed by atoms with Crippen LogP contribution in [0.4, 0.5) is 0 Å². The zero-order chi connectivity index (χ0) is 50.4. The number of imide groups is 1. The topological polar surface area (TPSA) is 295 Å². The number of rotatable bonds is 46. The number of carbonyl (C=O) groups is 10. The summed E-state index contributed by atoms with van der Waals surface area (Å²) in [7, 11) is 4.57. The number of ether oxygens (including phenoxy) is 7. The summed E-state index contributed by atoms with van der Waals surface area (Å²) in [6, 6.07) is -1.14. The fourth-order valence-electron chi connectivity index (χ4n) is 6.60. The van der Waals surface area contributed by atoms with Gasteiger partial charge in [-0.15, -0.1) is 0 Å². The molecule has 5 amide bonds. The second-order valence-electron chi connectivity index (χ2n) is 16.2. The molecule has 0 saturated carbocycles. The molecular formula is C47H78N4O18. The van der Waals surface area contributed by atoms with Gasteiger partial charge in [-0.05, 0) is 25.7 Å². The van der Waals surface area contributed by atoms with E-state index >= 15 is 0 Å². The van der Waals surface area contributed by atoms with Crippen molar-refractivity contribution in [1.29, 1.82) is 0 Å². The summed E-state index contributed by atoms with van der Waals surface area (Å²) in [6.45, 7) is 1.57. The van der Waals surface area contributed by atoms with Gasteiger partial charge in [0.25, 0.3) is 11.8 Å². The van der Waals surface area contributed by atoms with E-state index in [4.69, 9.17) is 33.2 Å². The van der Waals surface area contributed by atoms with E-state index in [1.807, 2.05) is 0 Å². The van der Waals surface area contributed by atoms with Crippen LogP contribution in [-0.4, -0.2) is 188 Å². The number of hydrogen-bond acceptors (Lipinski definition) is 17. The Bertz CT molecular complexity index is 1530. The standard InChI is InChI=1S/C46H74N4O18.CH4/c1-62-23-5-8-36(52)16-25-66-32-46(33-67-27-17-40(55)47-20-29-63-2,34-68-28-18-41(56)48-21-30-64-3)31-37(53)7-4-10-39(54)38(11-14-45(60)61)49-42(57)19-26-65-24-6-9-35(51)15-22-50-43(58)12-13-44(50)59;/h12-13,38H,4-11,14-34H2,1-3H3,(H,47,55)(H,48,56)(H,49,57)(H,60,61);1H4/t38-;/m0./s1. The average molecular weight is 987 g/mol. The Kier molecular flexibility index (Phi) is 37.1. The van der Waals surface area contributed by atoms with Crippen LogP contribution in [0.15, 0.2) is 12.2 Å². The van der Waals surface area contributed by atoms with E-state index in [9.17, 15) is 53.1 Å². The molecular weight excluding hydrogens is 909 g/mol. The molecule has 0 aliphatic carbocycles. The third kappa shape index (κ3) is 32.6. The molecule has 0 aromatic heterocycles. The van der Waals surface area contributed by atoms with E-state index in [-0.39, 0.29) is 167 Å². The molecule has 0 saturated heterocycles. The third-order valence-corrected chi connectivity index (χ3v) is 10.3. The van der Waals surface area contributed by atoms with Crippen LogP contribution >= 0.6 is 0 Å². The van der Waals surface area contributed by atoms with Gasteiger partial charge < -0.3 is 54.2 Å². The first-order valence-electron chi connectivity index (χ1n) is 23.1. The van der Waals surface area contributed by atoms with Crippen molar-refractivity contribution in [3.8, 4) is 0 Å². The number of aliphatic carboxylic acids is 1. The lowest BCUT2D eigenvalue weighted by molar-refractivity contribution is -0.139. The van der Waals surface area contributed by atoms with E-state index in [1.54, 1.807) is 7.11 Å². The molecule has 22 nitrogen and oxygen atoms in total. The molecule has 1 aliphatic rings. The number of carboxylic acids is 1. The number of hydrogen-bond donors (Lipinski definition) is 4. The smallest absolute Gasteiger partial charge is 0.303 e. The molecule has 0 spiro atoms. The van der Waals surface area contributed by atoms with Gasteiger partial charge in [0.2, 0.25) is 17.7 Å². The van der Waals surface area contributed by atoms with E-state index in [1.165, 1.54) is 14.2 Å². The number of ketones is 4. The van der Waals surface area contributed by atoms with Crippen LogP contribution in [-0.2, 0) is 81.1 Å². The van der Waals surface area contributed by atoms with Crippen LogP contribution in [0.1, 0.15) is 104 Å². The second kappa shape index (κ2) is 39.9. The lowest BCUT2D eigenvalue weighted by Gasteiger charge is -2.33. The molecule has 69 heavy (non-hydrogen) atoms. The van der Waals surface area contributed by atoms with Crippen LogP contribution in [0.3, 0.4) is 0 Å². The summed E-state index contributed by atoms with van der Waals surface area (Å²) in [6.07, 6.45) is 2.73. The predicted octanol–water partition coefficient (Wildman–Crippen LogP) is 1.47. The van der Waals surface area contributed by atoms with Crippen molar-refractivity contribution in [1.82, 2.24) is 20.9 Å². The molecule has 0 unspecified atom stereocenters. The van der Waals surface area contributed by atoms with E-state index in [0.29, 0.717) is 52.2 Å². The molecule has 1 rings (SSSR count). The average Bonchev–Trinajstić information content (AvgIpc) is 3.62. The largest absolute Gasteiger partial charge is 0.481 e. The fourth-order valence-corrected chi connectivity index (χ4v) is 6.60. The van der Waals surface area contributed by atoms with Gasteiger partial charge in [-0.1, -0.05) is 7.43 Å². The lowest BCUT2D eigenvalue weighted by Crippen LogP contribution is -2.41. The van der Waals surface area contributed by atoms with E-state index in [2.05, 4.69) is 16.0 Å². The summed E-state index contributed by atoms with van der Waals surface area (Å²) in [4.78, 5) is 125. The van der Waals surface area contributed by atoms with Crippen LogP contribution in [0.2, 0.25) is 0 Å². The normalized spacial score (nSPS) is 12.7. The van der Waals surface area contributed by atoms with Crippen LogP contribution < -0.4 is 16.0 Å². The summed E-state index contributed by atoms with van der Waals surface area (Å²) in [5.74, 6) is -4.16. The van der Waals surface area contributed by atoms with E-state index < -0.39 is 47.4 Å².